The Bertz CT molecular complexity index is 1080. The molecule has 1 unspecified atom stereocenters. The third-order valence-corrected chi connectivity index (χ3v) is 4.94. The molecule has 0 aliphatic carbocycles. The van der Waals surface area contributed by atoms with Crippen LogP contribution in [0.3, 0.4) is 0 Å². The average molecular weight is 374 g/mol. The number of amides is 1. The highest BCUT2D eigenvalue weighted by Gasteiger charge is 2.19. The molecule has 1 atom stereocenters. The summed E-state index contributed by atoms with van der Waals surface area (Å²) in [6.45, 7) is 0.605. The average Bonchev–Trinajstić information content (AvgIpc) is 3.35. The summed E-state index contributed by atoms with van der Waals surface area (Å²) in [4.78, 5) is 17.2. The number of fused-ring (bicyclic) bond motifs is 1. The molecular formula is C22H22N4O2. The molecule has 0 aliphatic heterocycles. The molecule has 4 aromatic rings. The SMILES string of the molecule is COc1ccc2c(c1)cc(C(=O)NC(Cn1ccnc1)c1ccccc1)n2C. The van der Waals surface area contributed by atoms with E-state index in [1.54, 1.807) is 19.6 Å². The largest absolute Gasteiger partial charge is 0.497 e. The monoisotopic (exact) mass is 374 g/mol. The van der Waals surface area contributed by atoms with Gasteiger partial charge in [-0.05, 0) is 29.8 Å². The Morgan fingerprint density at radius 2 is 2.00 bits per heavy atom. The van der Waals surface area contributed by atoms with E-state index in [-0.39, 0.29) is 11.9 Å². The molecule has 4 rings (SSSR count). The van der Waals surface area contributed by atoms with E-state index >= 15 is 0 Å². The maximum atomic E-state index is 13.1. The highest BCUT2D eigenvalue weighted by Crippen LogP contribution is 2.24. The minimum absolute atomic E-state index is 0.119. The fourth-order valence-corrected chi connectivity index (χ4v) is 3.43. The highest BCUT2D eigenvalue weighted by molar-refractivity contribution is 5.99. The molecule has 1 N–H and O–H groups in total. The minimum atomic E-state index is -0.171. The Morgan fingerprint density at radius 3 is 2.71 bits per heavy atom. The Morgan fingerprint density at radius 1 is 1.18 bits per heavy atom. The first-order valence-corrected chi connectivity index (χ1v) is 9.10. The fourth-order valence-electron chi connectivity index (χ4n) is 3.43. The van der Waals surface area contributed by atoms with Gasteiger partial charge in [-0.2, -0.15) is 0 Å². The first-order valence-electron chi connectivity index (χ1n) is 9.10. The molecule has 2 aromatic carbocycles. The van der Waals surface area contributed by atoms with Crippen molar-refractivity contribution in [1.82, 2.24) is 19.4 Å². The Labute approximate surface area is 163 Å². The molecule has 0 spiro atoms. The van der Waals surface area contributed by atoms with Gasteiger partial charge in [0.2, 0.25) is 0 Å². The number of imidazole rings is 1. The number of methoxy groups -OCH3 is 1. The van der Waals surface area contributed by atoms with Crippen LogP contribution in [0.2, 0.25) is 0 Å². The second-order valence-electron chi connectivity index (χ2n) is 6.71. The fraction of sp³-hybridized carbons (Fsp3) is 0.182. The van der Waals surface area contributed by atoms with Crippen molar-refractivity contribution in [1.29, 1.82) is 0 Å². The molecular weight excluding hydrogens is 352 g/mol. The van der Waals surface area contributed by atoms with Crippen LogP contribution in [0, 0.1) is 0 Å². The van der Waals surface area contributed by atoms with Gasteiger partial charge in [0.25, 0.3) is 5.91 Å². The number of hydrogen-bond acceptors (Lipinski definition) is 3. The number of hydrogen-bond donors (Lipinski definition) is 1. The van der Waals surface area contributed by atoms with Gasteiger partial charge in [0.1, 0.15) is 11.4 Å². The summed E-state index contributed by atoms with van der Waals surface area (Å²) in [6, 6.07) is 17.5. The molecule has 0 saturated heterocycles. The Hall–Kier alpha value is -3.54. The smallest absolute Gasteiger partial charge is 0.268 e. The molecule has 2 heterocycles. The molecule has 0 saturated carbocycles. The summed E-state index contributed by atoms with van der Waals surface area (Å²) in [5, 5.41) is 4.15. The molecule has 0 radical (unpaired) electrons. The van der Waals surface area contributed by atoms with Crippen LogP contribution in [0.4, 0.5) is 0 Å². The van der Waals surface area contributed by atoms with E-state index in [4.69, 9.17) is 4.74 Å². The summed E-state index contributed by atoms with van der Waals surface area (Å²) < 4.78 is 9.16. The van der Waals surface area contributed by atoms with Crippen molar-refractivity contribution in [3.05, 3.63) is 84.6 Å². The zero-order valence-corrected chi connectivity index (χ0v) is 15.9. The van der Waals surface area contributed by atoms with Crippen molar-refractivity contribution in [3.8, 4) is 5.75 Å². The number of benzene rings is 2. The maximum Gasteiger partial charge on any atom is 0.268 e. The van der Waals surface area contributed by atoms with Crippen molar-refractivity contribution in [2.24, 2.45) is 7.05 Å². The van der Waals surface area contributed by atoms with Crippen molar-refractivity contribution in [2.75, 3.05) is 7.11 Å². The lowest BCUT2D eigenvalue weighted by molar-refractivity contribution is 0.0925. The van der Waals surface area contributed by atoms with Crippen molar-refractivity contribution in [3.63, 3.8) is 0 Å². The van der Waals surface area contributed by atoms with Crippen LogP contribution in [0.15, 0.2) is 73.3 Å². The molecule has 0 fully saturated rings. The van der Waals surface area contributed by atoms with Gasteiger partial charge in [-0.25, -0.2) is 4.98 Å². The highest BCUT2D eigenvalue weighted by atomic mass is 16.5. The van der Waals surface area contributed by atoms with Crippen molar-refractivity contribution < 1.29 is 9.53 Å². The molecule has 142 valence electrons. The zero-order valence-electron chi connectivity index (χ0n) is 15.9. The van der Waals surface area contributed by atoms with E-state index < -0.39 is 0 Å². The summed E-state index contributed by atoms with van der Waals surface area (Å²) in [5.74, 6) is 0.652. The number of rotatable bonds is 6. The lowest BCUT2D eigenvalue weighted by atomic mass is 10.1. The van der Waals surface area contributed by atoms with Gasteiger partial charge in [-0.3, -0.25) is 4.79 Å². The van der Waals surface area contributed by atoms with E-state index in [0.717, 1.165) is 22.2 Å². The molecule has 2 aromatic heterocycles. The lowest BCUT2D eigenvalue weighted by Crippen LogP contribution is -2.32. The van der Waals surface area contributed by atoms with Crippen LogP contribution < -0.4 is 10.1 Å². The van der Waals surface area contributed by atoms with E-state index in [2.05, 4.69) is 10.3 Å². The van der Waals surface area contributed by atoms with E-state index in [1.807, 2.05) is 77.0 Å². The van der Waals surface area contributed by atoms with Crippen LogP contribution in [-0.4, -0.2) is 27.1 Å². The number of ether oxygens (including phenoxy) is 1. The number of aromatic nitrogens is 3. The van der Waals surface area contributed by atoms with Gasteiger partial charge < -0.3 is 19.2 Å². The standard InChI is InChI=1S/C22H22N4O2/c1-25-20-9-8-18(28-2)12-17(20)13-21(25)22(27)24-19(14-26-11-10-23-15-26)16-6-4-3-5-7-16/h3-13,15,19H,14H2,1-2H3,(H,24,27). The van der Waals surface area contributed by atoms with Gasteiger partial charge in [-0.15, -0.1) is 0 Å². The molecule has 28 heavy (non-hydrogen) atoms. The van der Waals surface area contributed by atoms with Crippen molar-refractivity contribution in [2.45, 2.75) is 12.6 Å². The van der Waals surface area contributed by atoms with Gasteiger partial charge in [0.05, 0.1) is 19.5 Å². The quantitative estimate of drug-likeness (QED) is 0.561. The number of aryl methyl sites for hydroxylation is 1. The minimum Gasteiger partial charge on any atom is -0.497 e. The first-order chi connectivity index (χ1) is 13.7. The van der Waals surface area contributed by atoms with Crippen LogP contribution in [0.5, 0.6) is 5.75 Å². The predicted octanol–water partition coefficient (Wildman–Crippen LogP) is 3.55. The summed E-state index contributed by atoms with van der Waals surface area (Å²) in [6.07, 6.45) is 5.39. The molecule has 6 nitrogen and oxygen atoms in total. The Balaban J connectivity index is 1.64. The lowest BCUT2D eigenvalue weighted by Gasteiger charge is -2.20. The number of nitrogens with zero attached hydrogens (tertiary/aromatic N) is 3. The van der Waals surface area contributed by atoms with Crippen LogP contribution in [-0.2, 0) is 13.6 Å². The second-order valence-corrected chi connectivity index (χ2v) is 6.71. The van der Waals surface area contributed by atoms with Gasteiger partial charge in [0.15, 0.2) is 0 Å². The van der Waals surface area contributed by atoms with Crippen LogP contribution >= 0.6 is 0 Å². The topological polar surface area (TPSA) is 61.1 Å². The maximum absolute atomic E-state index is 13.1. The summed E-state index contributed by atoms with van der Waals surface area (Å²) >= 11 is 0. The van der Waals surface area contributed by atoms with Crippen molar-refractivity contribution >= 4 is 16.8 Å². The molecule has 0 bridgehead atoms. The normalized spacial score (nSPS) is 12.1. The zero-order chi connectivity index (χ0) is 19.5. The number of carbonyl (C=O) groups is 1. The molecule has 1 amide bonds. The van der Waals surface area contributed by atoms with Crippen LogP contribution in [0.1, 0.15) is 22.1 Å². The van der Waals surface area contributed by atoms with Gasteiger partial charge in [0, 0.05) is 36.9 Å². The molecule has 0 aliphatic rings. The first kappa shape index (κ1) is 17.9. The predicted molar refractivity (Wildman–Crippen MR) is 108 cm³/mol. The van der Waals surface area contributed by atoms with Crippen LogP contribution in [0.25, 0.3) is 10.9 Å². The second kappa shape index (κ2) is 7.60. The third-order valence-electron chi connectivity index (χ3n) is 4.94. The van der Waals surface area contributed by atoms with Gasteiger partial charge in [-0.1, -0.05) is 30.3 Å². The summed E-state index contributed by atoms with van der Waals surface area (Å²) in [7, 11) is 3.54. The number of carbonyl (C=O) groups excluding carboxylic acids is 1. The Kier molecular flexibility index (Phi) is 4.85. The third kappa shape index (κ3) is 3.49. The van der Waals surface area contributed by atoms with E-state index in [9.17, 15) is 4.79 Å². The van der Waals surface area contributed by atoms with E-state index in [1.165, 1.54) is 0 Å². The van der Waals surface area contributed by atoms with E-state index in [0.29, 0.717) is 12.2 Å². The molecule has 6 heteroatoms. The number of nitrogens with one attached hydrogen (secondary N) is 1. The van der Waals surface area contributed by atoms with Gasteiger partial charge >= 0.3 is 0 Å². The summed E-state index contributed by atoms with van der Waals surface area (Å²) in [5.41, 5.74) is 2.64.